The van der Waals surface area contributed by atoms with Gasteiger partial charge in [0.15, 0.2) is 0 Å². The van der Waals surface area contributed by atoms with Crippen LogP contribution in [0.1, 0.15) is 123 Å². The van der Waals surface area contributed by atoms with E-state index in [2.05, 4.69) is 6.92 Å². The molecular weight excluding hydrogens is 344 g/mol. The summed E-state index contributed by atoms with van der Waals surface area (Å²) in [5.74, 6) is 5.00. The van der Waals surface area contributed by atoms with Gasteiger partial charge in [-0.15, -0.1) is 0 Å². The maximum absolute atomic E-state index is 11.7. The van der Waals surface area contributed by atoms with Crippen LogP contribution in [0.4, 0.5) is 0 Å². The maximum atomic E-state index is 11.7. The molecule has 2 heteroatoms. The molecule has 3 rings (SSSR count). The van der Waals surface area contributed by atoms with Crippen molar-refractivity contribution >= 4 is 5.97 Å². The van der Waals surface area contributed by atoms with Crippen LogP contribution in [0.3, 0.4) is 0 Å². The molecule has 3 fully saturated rings. The molecule has 2 nitrogen and oxygen atoms in total. The molecule has 0 aliphatic heterocycles. The Hall–Kier alpha value is -0.530. The molecule has 0 atom stereocenters. The molecule has 0 unspecified atom stereocenters. The molecule has 0 amide bonds. The summed E-state index contributed by atoms with van der Waals surface area (Å²) in [5.41, 5.74) is 0. The molecular formula is C26H46O2. The Kier molecular flexibility index (Phi) is 9.18. The first kappa shape index (κ1) is 22.2. The average molecular weight is 391 g/mol. The summed E-state index contributed by atoms with van der Waals surface area (Å²) in [6.45, 7) is 4.42. The molecule has 0 radical (unpaired) electrons. The smallest absolute Gasteiger partial charge is 0.306 e. The van der Waals surface area contributed by atoms with Gasteiger partial charge in [-0.2, -0.15) is 0 Å². The molecule has 162 valence electrons. The third-order valence-corrected chi connectivity index (χ3v) is 8.56. The number of carbonyl (C=O) groups excluding carboxylic acids is 1. The second kappa shape index (κ2) is 11.6. The van der Waals surface area contributed by atoms with Crippen LogP contribution in [0.15, 0.2) is 0 Å². The Morgan fingerprint density at radius 3 is 1.64 bits per heavy atom. The van der Waals surface area contributed by atoms with Gasteiger partial charge in [0, 0.05) is 6.42 Å². The number of carbonyl (C=O) groups is 1. The zero-order chi connectivity index (χ0) is 19.8. The standard InChI is InChI=1S/C26H46O2/c1-3-5-26(27)28-25-18-16-24(17-19-25)23-14-12-22(13-15-23)11-10-21-8-6-20(4-2)7-9-21/h20-25H,3-19H2,1-2H3. The fraction of sp³-hybridized carbons (Fsp3) is 0.962. The van der Waals surface area contributed by atoms with Crippen molar-refractivity contribution in [2.24, 2.45) is 29.6 Å². The first-order valence-corrected chi connectivity index (χ1v) is 12.9. The van der Waals surface area contributed by atoms with Gasteiger partial charge in [0.2, 0.25) is 0 Å². The van der Waals surface area contributed by atoms with E-state index < -0.39 is 0 Å². The fourth-order valence-corrected chi connectivity index (χ4v) is 6.47. The van der Waals surface area contributed by atoms with E-state index in [4.69, 9.17) is 4.74 Å². The number of rotatable bonds is 8. The molecule has 3 aliphatic carbocycles. The monoisotopic (exact) mass is 390 g/mol. The van der Waals surface area contributed by atoms with Gasteiger partial charge in [-0.05, 0) is 74.5 Å². The van der Waals surface area contributed by atoms with Crippen LogP contribution in [-0.4, -0.2) is 12.1 Å². The normalized spacial score (nSPS) is 36.8. The first-order chi connectivity index (χ1) is 13.7. The lowest BCUT2D eigenvalue weighted by Gasteiger charge is -2.38. The molecule has 0 bridgehead atoms. The Labute approximate surface area is 174 Å². The lowest BCUT2D eigenvalue weighted by molar-refractivity contribution is -0.151. The third-order valence-electron chi connectivity index (χ3n) is 8.56. The number of hydrogen-bond acceptors (Lipinski definition) is 2. The zero-order valence-electron chi connectivity index (χ0n) is 18.8. The molecule has 0 saturated heterocycles. The molecule has 0 spiro atoms. The topological polar surface area (TPSA) is 26.3 Å². The molecule has 0 N–H and O–H groups in total. The van der Waals surface area contributed by atoms with E-state index in [1.807, 2.05) is 6.92 Å². The van der Waals surface area contributed by atoms with Gasteiger partial charge in [-0.1, -0.05) is 71.6 Å². The summed E-state index contributed by atoms with van der Waals surface area (Å²) in [7, 11) is 0. The van der Waals surface area contributed by atoms with Gasteiger partial charge < -0.3 is 4.74 Å². The molecule has 0 aromatic heterocycles. The van der Waals surface area contributed by atoms with Crippen molar-refractivity contribution in [3.8, 4) is 0 Å². The summed E-state index contributed by atoms with van der Waals surface area (Å²) < 4.78 is 5.65. The highest BCUT2D eigenvalue weighted by Gasteiger charge is 2.32. The third kappa shape index (κ3) is 6.77. The zero-order valence-corrected chi connectivity index (χ0v) is 18.8. The summed E-state index contributed by atoms with van der Waals surface area (Å²) in [6, 6.07) is 0. The molecule has 0 heterocycles. The highest BCUT2D eigenvalue weighted by Crippen LogP contribution is 2.42. The van der Waals surface area contributed by atoms with Crippen molar-refractivity contribution in [1.29, 1.82) is 0 Å². The van der Waals surface area contributed by atoms with Gasteiger partial charge in [0.25, 0.3) is 0 Å². The number of ether oxygens (including phenoxy) is 1. The molecule has 3 saturated carbocycles. The largest absolute Gasteiger partial charge is 0.462 e. The first-order valence-electron chi connectivity index (χ1n) is 12.9. The van der Waals surface area contributed by atoms with Crippen LogP contribution in [0.25, 0.3) is 0 Å². The van der Waals surface area contributed by atoms with Crippen molar-refractivity contribution in [2.45, 2.75) is 129 Å². The number of hydrogen-bond donors (Lipinski definition) is 0. The second-order valence-electron chi connectivity index (χ2n) is 10.4. The summed E-state index contributed by atoms with van der Waals surface area (Å²) >= 11 is 0. The Bertz CT molecular complexity index is 435. The van der Waals surface area contributed by atoms with Gasteiger partial charge >= 0.3 is 5.97 Å². The lowest BCUT2D eigenvalue weighted by Crippen LogP contribution is -2.29. The Morgan fingerprint density at radius 2 is 1.14 bits per heavy atom. The van der Waals surface area contributed by atoms with Crippen LogP contribution >= 0.6 is 0 Å². The van der Waals surface area contributed by atoms with E-state index in [1.165, 1.54) is 83.5 Å². The van der Waals surface area contributed by atoms with Crippen molar-refractivity contribution in [3.05, 3.63) is 0 Å². The summed E-state index contributed by atoms with van der Waals surface area (Å²) in [4.78, 5) is 11.7. The SMILES string of the molecule is CCCC(=O)OC1CCC(C2CCC(CCC3CCC(CC)CC3)CC2)CC1. The van der Waals surface area contributed by atoms with Crippen LogP contribution in [0, 0.1) is 29.6 Å². The van der Waals surface area contributed by atoms with Gasteiger partial charge in [0.1, 0.15) is 6.10 Å². The highest BCUT2D eigenvalue weighted by atomic mass is 16.5. The van der Waals surface area contributed by atoms with Crippen molar-refractivity contribution in [2.75, 3.05) is 0 Å². The van der Waals surface area contributed by atoms with Crippen LogP contribution in [0.2, 0.25) is 0 Å². The minimum atomic E-state index is 0.0228. The lowest BCUT2D eigenvalue weighted by atomic mass is 9.69. The Balaban J connectivity index is 1.28. The van der Waals surface area contributed by atoms with Crippen LogP contribution in [-0.2, 0) is 9.53 Å². The predicted octanol–water partition coefficient (Wildman–Crippen LogP) is 7.69. The van der Waals surface area contributed by atoms with E-state index in [0.717, 1.165) is 48.9 Å². The molecule has 0 aromatic carbocycles. The predicted molar refractivity (Wildman–Crippen MR) is 117 cm³/mol. The average Bonchev–Trinajstić information content (AvgIpc) is 2.74. The quantitative estimate of drug-likeness (QED) is 0.397. The van der Waals surface area contributed by atoms with Crippen LogP contribution in [0.5, 0.6) is 0 Å². The van der Waals surface area contributed by atoms with Gasteiger partial charge in [-0.25, -0.2) is 0 Å². The molecule has 3 aliphatic rings. The minimum absolute atomic E-state index is 0.0228. The summed E-state index contributed by atoms with van der Waals surface area (Å²) in [6.07, 6.45) is 22.9. The number of esters is 1. The molecule has 28 heavy (non-hydrogen) atoms. The minimum Gasteiger partial charge on any atom is -0.462 e. The fourth-order valence-electron chi connectivity index (χ4n) is 6.47. The van der Waals surface area contributed by atoms with E-state index >= 15 is 0 Å². The summed E-state index contributed by atoms with van der Waals surface area (Å²) in [5, 5.41) is 0. The van der Waals surface area contributed by atoms with E-state index in [-0.39, 0.29) is 12.1 Å². The van der Waals surface area contributed by atoms with E-state index in [9.17, 15) is 4.79 Å². The van der Waals surface area contributed by atoms with E-state index in [1.54, 1.807) is 0 Å². The second-order valence-corrected chi connectivity index (χ2v) is 10.4. The maximum Gasteiger partial charge on any atom is 0.306 e. The van der Waals surface area contributed by atoms with E-state index in [0.29, 0.717) is 6.42 Å². The highest BCUT2D eigenvalue weighted by molar-refractivity contribution is 5.69. The molecule has 0 aromatic rings. The van der Waals surface area contributed by atoms with Crippen LogP contribution < -0.4 is 0 Å². The van der Waals surface area contributed by atoms with Gasteiger partial charge in [0.05, 0.1) is 0 Å². The van der Waals surface area contributed by atoms with Gasteiger partial charge in [-0.3, -0.25) is 4.79 Å². The van der Waals surface area contributed by atoms with Crippen molar-refractivity contribution < 1.29 is 9.53 Å². The van der Waals surface area contributed by atoms with Crippen molar-refractivity contribution in [3.63, 3.8) is 0 Å². The van der Waals surface area contributed by atoms with Crippen molar-refractivity contribution in [1.82, 2.24) is 0 Å². The Morgan fingerprint density at radius 1 is 0.679 bits per heavy atom.